The van der Waals surface area contributed by atoms with Crippen LogP contribution < -0.4 is 0 Å². The van der Waals surface area contributed by atoms with E-state index >= 15 is 0 Å². The number of benzene rings is 1. The Balaban J connectivity index is 1.72. The molecule has 2 atom stereocenters. The number of carbonyl (C=O) groups is 1. The highest BCUT2D eigenvalue weighted by Crippen LogP contribution is 2.36. The molecule has 4 heteroatoms. The molecule has 20 heavy (non-hydrogen) atoms. The number of carboxylic acids is 1. The van der Waals surface area contributed by atoms with Gasteiger partial charge in [-0.05, 0) is 49.4 Å². The van der Waals surface area contributed by atoms with Crippen molar-refractivity contribution in [1.82, 2.24) is 4.90 Å². The second-order valence-corrected chi connectivity index (χ2v) is 5.99. The van der Waals surface area contributed by atoms with Gasteiger partial charge in [0.1, 0.15) is 5.82 Å². The summed E-state index contributed by atoms with van der Waals surface area (Å²) in [6, 6.07) is 5.13. The minimum atomic E-state index is -1.21. The average molecular weight is 277 g/mol. The van der Waals surface area contributed by atoms with Crippen LogP contribution in [0.25, 0.3) is 0 Å². The maximum absolute atomic E-state index is 13.7. The Bertz CT molecular complexity index is 517. The molecule has 0 amide bonds. The first-order valence-electron chi connectivity index (χ1n) is 7.41. The first kappa shape index (κ1) is 13.6. The molecule has 108 valence electrons. The summed E-state index contributed by atoms with van der Waals surface area (Å²) in [5.74, 6) is -1.02. The molecule has 1 saturated heterocycles. The lowest BCUT2D eigenvalue weighted by atomic mass is 9.85. The molecule has 0 radical (unpaired) electrons. The van der Waals surface area contributed by atoms with Crippen LogP contribution in [0.2, 0.25) is 0 Å². The van der Waals surface area contributed by atoms with Gasteiger partial charge in [-0.3, -0.25) is 4.90 Å². The second kappa shape index (κ2) is 5.52. The lowest BCUT2D eigenvalue weighted by molar-refractivity contribution is 0.0692. The summed E-state index contributed by atoms with van der Waals surface area (Å²) in [5.41, 5.74) is 0.629. The molecule has 1 aliphatic heterocycles. The monoisotopic (exact) mass is 277 g/mol. The van der Waals surface area contributed by atoms with Gasteiger partial charge >= 0.3 is 5.97 Å². The van der Waals surface area contributed by atoms with Crippen LogP contribution in [0.15, 0.2) is 18.2 Å². The third-order valence-corrected chi connectivity index (χ3v) is 4.77. The molecule has 1 N–H and O–H groups in total. The molecular weight excluding hydrogens is 257 g/mol. The van der Waals surface area contributed by atoms with Crippen molar-refractivity contribution >= 4 is 5.97 Å². The van der Waals surface area contributed by atoms with Gasteiger partial charge in [-0.25, -0.2) is 9.18 Å². The van der Waals surface area contributed by atoms with Crippen molar-refractivity contribution < 1.29 is 14.3 Å². The predicted octanol–water partition coefficient (Wildman–Crippen LogP) is 3.29. The van der Waals surface area contributed by atoms with E-state index in [1.807, 2.05) is 0 Å². The highest BCUT2D eigenvalue weighted by molar-refractivity contribution is 5.87. The molecule has 1 heterocycles. The van der Waals surface area contributed by atoms with Crippen LogP contribution in [-0.4, -0.2) is 28.6 Å². The molecule has 0 spiro atoms. The summed E-state index contributed by atoms with van der Waals surface area (Å²) in [5, 5.41) is 8.84. The molecule has 0 bridgehead atoms. The number of hydrogen-bond donors (Lipinski definition) is 1. The van der Waals surface area contributed by atoms with Crippen molar-refractivity contribution in [2.24, 2.45) is 5.92 Å². The summed E-state index contributed by atoms with van der Waals surface area (Å²) < 4.78 is 13.7. The first-order valence-corrected chi connectivity index (χ1v) is 7.41. The van der Waals surface area contributed by atoms with Crippen LogP contribution in [0.3, 0.4) is 0 Å². The number of likely N-dealkylation sites (tertiary alicyclic amines) is 1. The Labute approximate surface area is 118 Å². The van der Waals surface area contributed by atoms with E-state index in [1.165, 1.54) is 44.2 Å². The van der Waals surface area contributed by atoms with Crippen LogP contribution >= 0.6 is 0 Å². The minimum Gasteiger partial charge on any atom is -0.478 e. The van der Waals surface area contributed by atoms with Crippen molar-refractivity contribution in [3.63, 3.8) is 0 Å². The quantitative estimate of drug-likeness (QED) is 0.921. The largest absolute Gasteiger partial charge is 0.478 e. The van der Waals surface area contributed by atoms with E-state index in [0.717, 1.165) is 24.6 Å². The fourth-order valence-corrected chi connectivity index (χ4v) is 3.76. The van der Waals surface area contributed by atoms with Gasteiger partial charge in [0.25, 0.3) is 0 Å². The van der Waals surface area contributed by atoms with E-state index in [4.69, 9.17) is 5.11 Å². The SMILES string of the molecule is O=C(O)c1ccc(CN2CCC3CCCCC32)cc1F. The van der Waals surface area contributed by atoms with Crippen molar-refractivity contribution in [3.8, 4) is 0 Å². The Hall–Kier alpha value is -1.42. The van der Waals surface area contributed by atoms with E-state index in [0.29, 0.717) is 6.04 Å². The third kappa shape index (κ3) is 2.57. The summed E-state index contributed by atoms with van der Waals surface area (Å²) in [4.78, 5) is 13.3. The van der Waals surface area contributed by atoms with Gasteiger partial charge in [0.05, 0.1) is 5.56 Å². The van der Waals surface area contributed by atoms with E-state index < -0.39 is 11.8 Å². The number of rotatable bonds is 3. The van der Waals surface area contributed by atoms with Gasteiger partial charge in [-0.2, -0.15) is 0 Å². The minimum absolute atomic E-state index is 0.245. The molecule has 2 aliphatic rings. The Kier molecular flexibility index (Phi) is 3.74. The molecule has 1 aromatic carbocycles. The van der Waals surface area contributed by atoms with E-state index in [1.54, 1.807) is 6.07 Å². The van der Waals surface area contributed by atoms with Crippen LogP contribution in [-0.2, 0) is 6.54 Å². The molecule has 2 unspecified atom stereocenters. The van der Waals surface area contributed by atoms with E-state index in [-0.39, 0.29) is 5.56 Å². The Morgan fingerprint density at radius 3 is 2.85 bits per heavy atom. The molecule has 0 aromatic heterocycles. The Morgan fingerprint density at radius 1 is 1.30 bits per heavy atom. The van der Waals surface area contributed by atoms with Crippen molar-refractivity contribution in [3.05, 3.63) is 35.1 Å². The van der Waals surface area contributed by atoms with Crippen LogP contribution in [0, 0.1) is 11.7 Å². The standard InChI is InChI=1S/C16H20FNO2/c17-14-9-11(5-6-13(14)16(19)20)10-18-8-7-12-3-1-2-4-15(12)18/h5-6,9,12,15H,1-4,7-8,10H2,(H,19,20). The predicted molar refractivity (Wildman–Crippen MR) is 74.1 cm³/mol. The van der Waals surface area contributed by atoms with Crippen molar-refractivity contribution in [2.45, 2.75) is 44.7 Å². The molecule has 1 aromatic rings. The van der Waals surface area contributed by atoms with Crippen LogP contribution in [0.5, 0.6) is 0 Å². The maximum Gasteiger partial charge on any atom is 0.338 e. The van der Waals surface area contributed by atoms with Crippen molar-refractivity contribution in [1.29, 1.82) is 0 Å². The van der Waals surface area contributed by atoms with Gasteiger partial charge in [-0.1, -0.05) is 18.9 Å². The first-order chi connectivity index (χ1) is 9.65. The molecule has 3 rings (SSSR count). The zero-order chi connectivity index (χ0) is 14.1. The fourth-order valence-electron chi connectivity index (χ4n) is 3.76. The van der Waals surface area contributed by atoms with Gasteiger partial charge in [0.15, 0.2) is 0 Å². The topological polar surface area (TPSA) is 40.5 Å². The maximum atomic E-state index is 13.7. The molecule has 2 fully saturated rings. The lowest BCUT2D eigenvalue weighted by Crippen LogP contribution is -2.34. The van der Waals surface area contributed by atoms with Gasteiger partial charge in [-0.15, -0.1) is 0 Å². The molecular formula is C16H20FNO2. The summed E-state index contributed by atoms with van der Waals surface area (Å²) >= 11 is 0. The molecule has 1 saturated carbocycles. The zero-order valence-corrected chi connectivity index (χ0v) is 11.5. The number of carboxylic acid groups (broad SMARTS) is 1. The lowest BCUT2D eigenvalue weighted by Gasteiger charge is -2.31. The van der Waals surface area contributed by atoms with E-state index in [9.17, 15) is 9.18 Å². The highest BCUT2D eigenvalue weighted by atomic mass is 19.1. The number of nitrogens with zero attached hydrogens (tertiary/aromatic N) is 1. The number of hydrogen-bond acceptors (Lipinski definition) is 2. The normalized spacial score (nSPS) is 26.4. The number of aromatic carboxylic acids is 1. The summed E-state index contributed by atoms with van der Waals surface area (Å²) in [6.07, 6.45) is 6.47. The second-order valence-electron chi connectivity index (χ2n) is 5.99. The average Bonchev–Trinajstić information content (AvgIpc) is 2.82. The fraction of sp³-hybridized carbons (Fsp3) is 0.562. The van der Waals surface area contributed by atoms with Crippen molar-refractivity contribution in [2.75, 3.05) is 6.54 Å². The van der Waals surface area contributed by atoms with Gasteiger partial charge < -0.3 is 5.11 Å². The third-order valence-electron chi connectivity index (χ3n) is 4.77. The number of fused-ring (bicyclic) bond motifs is 1. The number of halogens is 1. The van der Waals surface area contributed by atoms with Crippen LogP contribution in [0.1, 0.15) is 48.0 Å². The Morgan fingerprint density at radius 2 is 2.10 bits per heavy atom. The molecule has 1 aliphatic carbocycles. The highest BCUT2D eigenvalue weighted by Gasteiger charge is 2.35. The van der Waals surface area contributed by atoms with Gasteiger partial charge in [0.2, 0.25) is 0 Å². The summed E-state index contributed by atoms with van der Waals surface area (Å²) in [7, 11) is 0. The zero-order valence-electron chi connectivity index (χ0n) is 11.5. The van der Waals surface area contributed by atoms with E-state index in [2.05, 4.69) is 4.90 Å². The smallest absolute Gasteiger partial charge is 0.338 e. The van der Waals surface area contributed by atoms with Gasteiger partial charge in [0, 0.05) is 12.6 Å². The molecule has 3 nitrogen and oxygen atoms in total. The van der Waals surface area contributed by atoms with Crippen LogP contribution in [0.4, 0.5) is 4.39 Å². The summed E-state index contributed by atoms with van der Waals surface area (Å²) in [6.45, 7) is 1.82.